The van der Waals surface area contributed by atoms with E-state index in [2.05, 4.69) is 57.4 Å². The minimum atomic E-state index is 1.09. The van der Waals surface area contributed by atoms with E-state index in [4.69, 9.17) is 0 Å². The van der Waals surface area contributed by atoms with Crippen molar-refractivity contribution in [2.45, 2.75) is 6.92 Å². The Labute approximate surface area is 114 Å². The summed E-state index contributed by atoms with van der Waals surface area (Å²) in [5.74, 6) is 0. The van der Waals surface area contributed by atoms with Gasteiger partial charge in [-0.15, -0.1) is 0 Å². The second kappa shape index (κ2) is 4.50. The summed E-state index contributed by atoms with van der Waals surface area (Å²) in [6.45, 7) is 2.10. The van der Waals surface area contributed by atoms with Gasteiger partial charge in [-0.1, -0.05) is 34.1 Å². The molecule has 3 rings (SSSR count). The molecule has 0 aliphatic carbocycles. The summed E-state index contributed by atoms with van der Waals surface area (Å²) in [5, 5.41) is 4.66. The highest BCUT2D eigenvalue weighted by Crippen LogP contribution is 2.29. The Morgan fingerprint density at radius 2 is 1.89 bits per heavy atom. The highest BCUT2D eigenvalue weighted by atomic mass is 79.9. The number of aryl methyl sites for hydroxylation is 1. The molecule has 0 spiro atoms. The number of anilines is 2. The Balaban J connectivity index is 2.05. The molecule has 18 heavy (non-hydrogen) atoms. The predicted molar refractivity (Wildman–Crippen MR) is 80.5 cm³/mol. The van der Waals surface area contributed by atoms with Crippen LogP contribution in [0.1, 0.15) is 5.56 Å². The van der Waals surface area contributed by atoms with Gasteiger partial charge in [-0.2, -0.15) is 0 Å². The normalized spacial score (nSPS) is 10.8. The van der Waals surface area contributed by atoms with Crippen molar-refractivity contribution in [2.75, 3.05) is 5.32 Å². The highest BCUT2D eigenvalue weighted by molar-refractivity contribution is 9.10. The van der Waals surface area contributed by atoms with Crippen LogP contribution in [-0.2, 0) is 0 Å². The summed E-state index contributed by atoms with van der Waals surface area (Å²) < 4.78 is 1.09. The zero-order valence-electron chi connectivity index (χ0n) is 10.00. The zero-order chi connectivity index (χ0) is 12.5. The Morgan fingerprint density at radius 3 is 2.72 bits per heavy atom. The Bertz CT molecular complexity index is 701. The molecule has 2 N–H and O–H groups in total. The Hall–Kier alpha value is -1.74. The molecule has 2 nitrogen and oxygen atoms in total. The number of halogens is 1. The summed E-state index contributed by atoms with van der Waals surface area (Å²) >= 11 is 3.51. The predicted octanol–water partition coefficient (Wildman–Crippen LogP) is 4.98. The van der Waals surface area contributed by atoms with Crippen LogP contribution >= 0.6 is 15.9 Å². The molecule has 0 radical (unpaired) electrons. The van der Waals surface area contributed by atoms with Gasteiger partial charge in [0, 0.05) is 27.3 Å². The number of benzene rings is 2. The Morgan fingerprint density at radius 1 is 1.06 bits per heavy atom. The molecule has 3 heteroatoms. The van der Waals surface area contributed by atoms with Crippen LogP contribution < -0.4 is 5.32 Å². The molecular weight excluding hydrogens is 288 g/mol. The topological polar surface area (TPSA) is 27.8 Å². The van der Waals surface area contributed by atoms with Crippen LogP contribution in [0.2, 0.25) is 0 Å². The standard InChI is InChI=1S/C15H13BrN2/c1-10-4-2-3-5-13(10)18-15-9-17-14-7-6-11(16)8-12(14)15/h2-9,17-18H,1H3. The summed E-state index contributed by atoms with van der Waals surface area (Å²) in [7, 11) is 0. The maximum Gasteiger partial charge on any atom is 0.0642 e. The van der Waals surface area contributed by atoms with Crippen LogP contribution in [-0.4, -0.2) is 4.98 Å². The van der Waals surface area contributed by atoms with E-state index in [0.717, 1.165) is 21.4 Å². The molecule has 0 saturated carbocycles. The van der Waals surface area contributed by atoms with Gasteiger partial charge in [0.1, 0.15) is 0 Å². The van der Waals surface area contributed by atoms with Gasteiger partial charge < -0.3 is 10.3 Å². The second-order valence-corrected chi connectivity index (χ2v) is 5.25. The van der Waals surface area contributed by atoms with Gasteiger partial charge in [-0.25, -0.2) is 0 Å². The lowest BCUT2D eigenvalue weighted by Crippen LogP contribution is -1.91. The molecule has 0 aliphatic rings. The number of aromatic amines is 1. The minimum Gasteiger partial charge on any atom is -0.359 e. The number of hydrogen-bond donors (Lipinski definition) is 2. The monoisotopic (exact) mass is 300 g/mol. The first-order valence-corrected chi connectivity index (χ1v) is 6.62. The van der Waals surface area contributed by atoms with Crippen LogP contribution in [0.15, 0.2) is 53.1 Å². The van der Waals surface area contributed by atoms with Crippen molar-refractivity contribution in [1.82, 2.24) is 4.98 Å². The minimum absolute atomic E-state index is 1.09. The molecule has 0 saturated heterocycles. The van der Waals surface area contributed by atoms with Gasteiger partial charge in [0.25, 0.3) is 0 Å². The van der Waals surface area contributed by atoms with Crippen LogP contribution in [0.5, 0.6) is 0 Å². The summed E-state index contributed by atoms with van der Waals surface area (Å²) in [5.41, 5.74) is 4.61. The molecule has 0 bridgehead atoms. The van der Waals surface area contributed by atoms with Crippen LogP contribution in [0, 0.1) is 6.92 Å². The summed E-state index contributed by atoms with van der Waals surface area (Å²) in [4.78, 5) is 3.27. The van der Waals surface area contributed by atoms with Gasteiger partial charge in [0.05, 0.1) is 5.69 Å². The molecule has 2 aromatic carbocycles. The second-order valence-electron chi connectivity index (χ2n) is 4.33. The lowest BCUT2D eigenvalue weighted by atomic mass is 10.2. The number of H-pyrrole nitrogens is 1. The number of aromatic nitrogens is 1. The molecule has 0 fully saturated rings. The molecule has 0 aliphatic heterocycles. The van der Waals surface area contributed by atoms with E-state index >= 15 is 0 Å². The molecule has 3 aromatic rings. The van der Waals surface area contributed by atoms with Crippen LogP contribution in [0.3, 0.4) is 0 Å². The van der Waals surface area contributed by atoms with Crippen molar-refractivity contribution in [2.24, 2.45) is 0 Å². The number of fused-ring (bicyclic) bond motifs is 1. The summed E-state index contributed by atoms with van der Waals surface area (Å²) in [6.07, 6.45) is 2.00. The molecule has 0 amide bonds. The molecule has 1 heterocycles. The van der Waals surface area contributed by atoms with Crippen molar-refractivity contribution >= 4 is 38.2 Å². The smallest absolute Gasteiger partial charge is 0.0642 e. The van der Waals surface area contributed by atoms with Crippen molar-refractivity contribution in [3.05, 3.63) is 58.7 Å². The van der Waals surface area contributed by atoms with E-state index < -0.39 is 0 Å². The van der Waals surface area contributed by atoms with E-state index in [9.17, 15) is 0 Å². The third kappa shape index (κ3) is 2.02. The first-order valence-electron chi connectivity index (χ1n) is 5.83. The summed E-state index contributed by atoms with van der Waals surface area (Å²) in [6, 6.07) is 14.5. The van der Waals surface area contributed by atoms with E-state index in [-0.39, 0.29) is 0 Å². The molecule has 90 valence electrons. The van der Waals surface area contributed by atoms with Gasteiger partial charge in [-0.05, 0) is 36.8 Å². The first kappa shape index (κ1) is 11.4. The highest BCUT2D eigenvalue weighted by Gasteiger charge is 2.05. The van der Waals surface area contributed by atoms with Gasteiger partial charge in [-0.3, -0.25) is 0 Å². The van der Waals surface area contributed by atoms with E-state index in [1.807, 2.05) is 24.4 Å². The van der Waals surface area contributed by atoms with Crippen LogP contribution in [0.4, 0.5) is 11.4 Å². The molecular formula is C15H13BrN2. The maximum absolute atomic E-state index is 3.51. The lowest BCUT2D eigenvalue weighted by Gasteiger charge is -2.08. The first-order chi connectivity index (χ1) is 8.74. The third-order valence-electron chi connectivity index (χ3n) is 3.06. The number of hydrogen-bond acceptors (Lipinski definition) is 1. The Kier molecular flexibility index (Phi) is 2.84. The average Bonchev–Trinajstić information content (AvgIpc) is 2.75. The third-order valence-corrected chi connectivity index (χ3v) is 3.55. The van der Waals surface area contributed by atoms with Gasteiger partial charge >= 0.3 is 0 Å². The van der Waals surface area contributed by atoms with Gasteiger partial charge in [0.2, 0.25) is 0 Å². The van der Waals surface area contributed by atoms with Gasteiger partial charge in [0.15, 0.2) is 0 Å². The zero-order valence-corrected chi connectivity index (χ0v) is 11.6. The van der Waals surface area contributed by atoms with E-state index in [1.165, 1.54) is 10.9 Å². The fraction of sp³-hybridized carbons (Fsp3) is 0.0667. The lowest BCUT2D eigenvalue weighted by molar-refractivity contribution is 1.42. The largest absolute Gasteiger partial charge is 0.359 e. The molecule has 0 atom stereocenters. The SMILES string of the molecule is Cc1ccccc1Nc1c[nH]c2ccc(Br)cc12. The van der Waals surface area contributed by atoms with Crippen molar-refractivity contribution in [3.63, 3.8) is 0 Å². The number of rotatable bonds is 2. The van der Waals surface area contributed by atoms with Crippen LogP contribution in [0.25, 0.3) is 10.9 Å². The molecule has 1 aromatic heterocycles. The van der Waals surface area contributed by atoms with E-state index in [1.54, 1.807) is 0 Å². The molecule has 0 unspecified atom stereocenters. The number of para-hydroxylation sites is 1. The van der Waals surface area contributed by atoms with Crippen molar-refractivity contribution < 1.29 is 0 Å². The van der Waals surface area contributed by atoms with Crippen molar-refractivity contribution in [3.8, 4) is 0 Å². The van der Waals surface area contributed by atoms with Crippen molar-refractivity contribution in [1.29, 1.82) is 0 Å². The van der Waals surface area contributed by atoms with E-state index in [0.29, 0.717) is 0 Å². The average molecular weight is 301 g/mol. The fourth-order valence-corrected chi connectivity index (χ4v) is 2.42. The maximum atomic E-state index is 3.51. The quantitative estimate of drug-likeness (QED) is 0.686. The number of nitrogens with one attached hydrogen (secondary N) is 2. The fourth-order valence-electron chi connectivity index (χ4n) is 2.05.